The lowest BCUT2D eigenvalue weighted by molar-refractivity contribution is -0.127. The normalized spacial score (nSPS) is 15.1. The second-order valence-electron chi connectivity index (χ2n) is 10.1. The third-order valence-electron chi connectivity index (χ3n) is 7.61. The Bertz CT molecular complexity index is 1940. The Morgan fingerprint density at radius 1 is 1.14 bits per heavy atom. The van der Waals surface area contributed by atoms with Crippen LogP contribution in [0.4, 0.5) is 14.6 Å². The highest BCUT2D eigenvalue weighted by Gasteiger charge is 2.32. The first-order valence-electron chi connectivity index (χ1n) is 13.5. The van der Waals surface area contributed by atoms with Crippen molar-refractivity contribution < 1.29 is 18.3 Å². The Morgan fingerprint density at radius 2 is 1.95 bits per heavy atom. The number of nitrogens with zero attached hydrogens (tertiary/aromatic N) is 7. The van der Waals surface area contributed by atoms with E-state index in [2.05, 4.69) is 26.0 Å². The molecule has 1 amide bonds. The third-order valence-corrected chi connectivity index (χ3v) is 7.61. The van der Waals surface area contributed by atoms with Crippen LogP contribution in [-0.2, 0) is 4.79 Å². The van der Waals surface area contributed by atoms with Gasteiger partial charge >= 0.3 is 6.01 Å². The standard InChI is InChI=1S/C32H25F2N7O2/c1-40(22-12-14-41(18-22)31(42)25(33)15-21-10-3-4-13-36-21)30-24-17-37-28(27(34)29(24)38-32(39-30)43-2)23-11-6-8-19-7-5-9-20(16-35)26(19)23/h3-11,13,15,17,22H,12,14,18H2,1-2H3/b25-15-. The van der Waals surface area contributed by atoms with Crippen molar-refractivity contribution in [3.8, 4) is 23.3 Å². The lowest BCUT2D eigenvalue weighted by Gasteiger charge is -2.27. The minimum absolute atomic E-state index is 0.000380. The molecule has 1 saturated heterocycles. The minimum atomic E-state index is -0.900. The molecule has 11 heteroatoms. The van der Waals surface area contributed by atoms with Crippen LogP contribution in [0.25, 0.3) is 39.0 Å². The van der Waals surface area contributed by atoms with E-state index in [1.165, 1.54) is 24.4 Å². The molecule has 0 bridgehead atoms. The zero-order valence-corrected chi connectivity index (χ0v) is 23.3. The number of ether oxygens (including phenoxy) is 1. The van der Waals surface area contributed by atoms with E-state index in [1.54, 1.807) is 49.5 Å². The van der Waals surface area contributed by atoms with Gasteiger partial charge in [0.1, 0.15) is 17.0 Å². The van der Waals surface area contributed by atoms with E-state index < -0.39 is 17.6 Å². The highest BCUT2D eigenvalue weighted by molar-refractivity contribution is 6.02. The lowest BCUT2D eigenvalue weighted by Crippen LogP contribution is -2.37. The van der Waals surface area contributed by atoms with Crippen LogP contribution in [0.5, 0.6) is 6.01 Å². The number of aromatic nitrogens is 4. The maximum atomic E-state index is 16.3. The summed E-state index contributed by atoms with van der Waals surface area (Å²) in [4.78, 5) is 33.4. The van der Waals surface area contributed by atoms with Gasteiger partial charge in [-0.15, -0.1) is 0 Å². The smallest absolute Gasteiger partial charge is 0.318 e. The van der Waals surface area contributed by atoms with Gasteiger partial charge in [-0.25, -0.2) is 8.78 Å². The van der Waals surface area contributed by atoms with Gasteiger partial charge in [-0.05, 0) is 30.0 Å². The van der Waals surface area contributed by atoms with E-state index in [0.29, 0.717) is 46.4 Å². The molecular formula is C32H25F2N7O2. The van der Waals surface area contributed by atoms with Gasteiger partial charge in [-0.1, -0.05) is 36.4 Å². The quantitative estimate of drug-likeness (QED) is 0.250. The Labute approximate surface area is 245 Å². The Hall–Kier alpha value is -5.50. The van der Waals surface area contributed by atoms with Crippen LogP contribution >= 0.6 is 0 Å². The summed E-state index contributed by atoms with van der Waals surface area (Å²) in [7, 11) is 3.16. The molecule has 4 heterocycles. The van der Waals surface area contributed by atoms with Crippen molar-refractivity contribution in [2.45, 2.75) is 12.5 Å². The number of halogens is 2. The summed E-state index contributed by atoms with van der Waals surface area (Å²) in [6.45, 7) is 0.560. The molecule has 9 nitrogen and oxygen atoms in total. The van der Waals surface area contributed by atoms with Crippen LogP contribution in [0.15, 0.2) is 72.8 Å². The molecule has 1 fully saturated rings. The SMILES string of the molecule is COc1nc(N(C)C2CCN(C(=O)/C(F)=C/c3ccccn3)C2)c2cnc(-c3cccc4cccc(C#N)c34)c(F)c2n1. The van der Waals surface area contributed by atoms with Crippen LogP contribution in [0, 0.1) is 17.1 Å². The fraction of sp³-hybridized carbons (Fsp3) is 0.188. The number of carbonyl (C=O) groups is 1. The van der Waals surface area contributed by atoms with Gasteiger partial charge in [-0.3, -0.25) is 14.8 Å². The van der Waals surface area contributed by atoms with E-state index >= 15 is 4.39 Å². The largest absolute Gasteiger partial charge is 0.467 e. The molecule has 1 aliphatic heterocycles. The number of amides is 1. The molecule has 5 aromatic rings. The first-order chi connectivity index (χ1) is 20.9. The molecule has 6 rings (SSSR count). The molecule has 1 atom stereocenters. The number of rotatable bonds is 6. The molecule has 0 saturated carbocycles. The Balaban J connectivity index is 1.35. The van der Waals surface area contributed by atoms with E-state index in [0.717, 1.165) is 11.5 Å². The average molecular weight is 578 g/mol. The van der Waals surface area contributed by atoms with Crippen LogP contribution in [0.1, 0.15) is 17.7 Å². The van der Waals surface area contributed by atoms with Gasteiger partial charge in [0.05, 0.1) is 29.8 Å². The minimum Gasteiger partial charge on any atom is -0.467 e. The van der Waals surface area contributed by atoms with Gasteiger partial charge in [0, 0.05) is 55.6 Å². The summed E-state index contributed by atoms with van der Waals surface area (Å²) in [5.74, 6) is -1.95. The summed E-state index contributed by atoms with van der Waals surface area (Å²) >= 11 is 0. The summed E-state index contributed by atoms with van der Waals surface area (Å²) in [5, 5.41) is 11.4. The second kappa shape index (κ2) is 11.4. The number of fused-ring (bicyclic) bond motifs is 2. The maximum Gasteiger partial charge on any atom is 0.318 e. The topological polar surface area (TPSA) is 108 Å². The zero-order chi connectivity index (χ0) is 30.1. The number of likely N-dealkylation sites (N-methyl/N-ethyl adjacent to an activating group) is 1. The monoisotopic (exact) mass is 577 g/mol. The molecule has 43 heavy (non-hydrogen) atoms. The molecule has 0 aliphatic carbocycles. The number of hydrogen-bond acceptors (Lipinski definition) is 8. The average Bonchev–Trinajstić information content (AvgIpc) is 3.54. The van der Waals surface area contributed by atoms with Gasteiger partial charge in [-0.2, -0.15) is 15.2 Å². The first-order valence-corrected chi connectivity index (χ1v) is 13.5. The van der Waals surface area contributed by atoms with E-state index in [4.69, 9.17) is 4.74 Å². The number of nitriles is 1. The van der Waals surface area contributed by atoms with Crippen molar-refractivity contribution in [1.82, 2.24) is 24.8 Å². The summed E-state index contributed by atoms with van der Waals surface area (Å²) in [5.41, 5.74) is 1.26. The van der Waals surface area contributed by atoms with Gasteiger partial charge in [0.2, 0.25) is 0 Å². The summed E-state index contributed by atoms with van der Waals surface area (Å²) in [6, 6.07) is 17.6. The van der Waals surface area contributed by atoms with Crippen LogP contribution in [-0.4, -0.2) is 64.0 Å². The molecule has 1 aliphatic rings. The van der Waals surface area contributed by atoms with Gasteiger partial charge in [0.15, 0.2) is 11.6 Å². The van der Waals surface area contributed by atoms with Gasteiger partial charge < -0.3 is 14.5 Å². The van der Waals surface area contributed by atoms with Crippen molar-refractivity contribution in [3.05, 3.63) is 89.9 Å². The molecule has 0 N–H and O–H groups in total. The van der Waals surface area contributed by atoms with Gasteiger partial charge in [0.25, 0.3) is 5.91 Å². The number of hydrogen-bond donors (Lipinski definition) is 0. The fourth-order valence-electron chi connectivity index (χ4n) is 5.42. The molecule has 0 radical (unpaired) electrons. The van der Waals surface area contributed by atoms with Crippen LogP contribution < -0.4 is 9.64 Å². The lowest BCUT2D eigenvalue weighted by atomic mass is 9.97. The van der Waals surface area contributed by atoms with Crippen molar-refractivity contribution in [2.75, 3.05) is 32.1 Å². The number of anilines is 1. The van der Waals surface area contributed by atoms with E-state index in [1.807, 2.05) is 17.0 Å². The highest BCUT2D eigenvalue weighted by Crippen LogP contribution is 2.36. The number of pyridine rings is 2. The third kappa shape index (κ3) is 5.08. The predicted molar refractivity (Wildman–Crippen MR) is 158 cm³/mol. The summed E-state index contributed by atoms with van der Waals surface area (Å²) < 4.78 is 36.4. The molecule has 214 valence electrons. The van der Waals surface area contributed by atoms with Crippen LogP contribution in [0.3, 0.4) is 0 Å². The molecule has 0 spiro atoms. The molecule has 1 unspecified atom stereocenters. The number of methoxy groups -OCH3 is 1. The van der Waals surface area contributed by atoms with Crippen molar-refractivity contribution in [1.29, 1.82) is 5.26 Å². The van der Waals surface area contributed by atoms with Crippen LogP contribution in [0.2, 0.25) is 0 Å². The number of likely N-dealkylation sites (tertiary alicyclic amines) is 1. The van der Waals surface area contributed by atoms with Crippen molar-refractivity contribution in [2.24, 2.45) is 0 Å². The molecule has 2 aromatic carbocycles. The number of benzene rings is 2. The number of carbonyl (C=O) groups excluding carboxylic acids is 1. The molecular weight excluding hydrogens is 552 g/mol. The first kappa shape index (κ1) is 27.7. The Kier molecular flexibility index (Phi) is 7.34. The summed E-state index contributed by atoms with van der Waals surface area (Å²) in [6.07, 6.45) is 4.68. The molecule has 3 aromatic heterocycles. The van der Waals surface area contributed by atoms with E-state index in [9.17, 15) is 14.4 Å². The fourth-order valence-corrected chi connectivity index (χ4v) is 5.42. The Morgan fingerprint density at radius 3 is 2.70 bits per heavy atom. The van der Waals surface area contributed by atoms with Crippen molar-refractivity contribution in [3.63, 3.8) is 0 Å². The van der Waals surface area contributed by atoms with Crippen molar-refractivity contribution >= 4 is 39.5 Å². The highest BCUT2D eigenvalue weighted by atomic mass is 19.1. The second-order valence-corrected chi connectivity index (χ2v) is 10.1. The maximum absolute atomic E-state index is 16.3. The predicted octanol–water partition coefficient (Wildman–Crippen LogP) is 5.31. The van der Waals surface area contributed by atoms with E-state index in [-0.39, 0.29) is 29.8 Å². The zero-order valence-electron chi connectivity index (χ0n) is 23.3.